The minimum atomic E-state index is -4.12. The van der Waals surface area contributed by atoms with Crippen LogP contribution < -0.4 is 10.0 Å². The van der Waals surface area contributed by atoms with Gasteiger partial charge in [0.1, 0.15) is 24.2 Å². The molecule has 0 fully saturated rings. The molecule has 0 saturated heterocycles. The summed E-state index contributed by atoms with van der Waals surface area (Å²) in [5, 5.41) is 3.45. The van der Waals surface area contributed by atoms with Gasteiger partial charge in [0, 0.05) is 16.1 Å². The summed E-state index contributed by atoms with van der Waals surface area (Å²) < 4.78 is 39.8. The number of benzene rings is 4. The van der Waals surface area contributed by atoms with E-state index in [0.717, 1.165) is 22.3 Å². The molecule has 2 N–H and O–H groups in total. The van der Waals surface area contributed by atoms with Crippen molar-refractivity contribution in [1.29, 1.82) is 0 Å². The second-order valence-corrected chi connectivity index (χ2v) is 14.2. The fourth-order valence-electron chi connectivity index (χ4n) is 5.07. The SMILES string of the molecule is CSCC[C@@H](NC(=O)c1ccc(COCc2ccc(-c3ccc(Cl)cc3)o2)cc1-c1ccccc1C)C(=O)NS(=O)(=O)c1ccccc1. The van der Waals surface area contributed by atoms with Crippen molar-refractivity contribution in [3.8, 4) is 22.5 Å². The van der Waals surface area contributed by atoms with Gasteiger partial charge in [-0.05, 0) is 108 Å². The molecule has 1 aromatic heterocycles. The molecule has 0 bridgehead atoms. The van der Waals surface area contributed by atoms with E-state index in [1.54, 1.807) is 42.5 Å². The second-order valence-electron chi connectivity index (χ2n) is 11.1. The van der Waals surface area contributed by atoms with Crippen LogP contribution in [0.5, 0.6) is 0 Å². The number of ether oxygens (including phenoxy) is 1. The zero-order chi connectivity index (χ0) is 34.1. The molecule has 1 atom stereocenters. The lowest BCUT2D eigenvalue weighted by molar-refractivity contribution is -0.121. The summed E-state index contributed by atoms with van der Waals surface area (Å²) in [7, 11) is -4.12. The molecule has 5 aromatic rings. The zero-order valence-corrected chi connectivity index (χ0v) is 28.8. The molecule has 0 saturated carbocycles. The van der Waals surface area contributed by atoms with E-state index in [-0.39, 0.29) is 24.5 Å². The lowest BCUT2D eigenvalue weighted by Crippen LogP contribution is -2.48. The van der Waals surface area contributed by atoms with Crippen molar-refractivity contribution in [2.24, 2.45) is 0 Å². The smallest absolute Gasteiger partial charge is 0.264 e. The van der Waals surface area contributed by atoms with E-state index in [2.05, 4.69) is 10.0 Å². The topological polar surface area (TPSA) is 115 Å². The summed E-state index contributed by atoms with van der Waals surface area (Å²) in [5.41, 5.74) is 4.56. The highest BCUT2D eigenvalue weighted by Gasteiger charge is 2.27. The van der Waals surface area contributed by atoms with Gasteiger partial charge in [-0.15, -0.1) is 0 Å². The predicted molar refractivity (Wildman–Crippen MR) is 190 cm³/mol. The molecular weight excluding hydrogens is 668 g/mol. The molecule has 248 valence electrons. The molecule has 0 unspecified atom stereocenters. The zero-order valence-electron chi connectivity index (χ0n) is 26.4. The summed E-state index contributed by atoms with van der Waals surface area (Å²) in [6.45, 7) is 2.46. The summed E-state index contributed by atoms with van der Waals surface area (Å²) in [6.07, 6.45) is 2.11. The molecule has 0 radical (unpaired) electrons. The van der Waals surface area contributed by atoms with Crippen molar-refractivity contribution < 1.29 is 27.2 Å². The van der Waals surface area contributed by atoms with Crippen molar-refractivity contribution >= 4 is 45.2 Å². The summed E-state index contributed by atoms with van der Waals surface area (Å²) in [4.78, 5) is 27.0. The van der Waals surface area contributed by atoms with Crippen LogP contribution in [0.15, 0.2) is 119 Å². The van der Waals surface area contributed by atoms with E-state index in [1.807, 2.05) is 67.8 Å². The Bertz CT molecular complexity index is 1980. The minimum Gasteiger partial charge on any atom is -0.459 e. The third-order valence-corrected chi connectivity index (χ3v) is 9.85. The number of rotatable bonds is 14. The standard InChI is InChI=1S/C37H35ClN2O6S2/c1-25-8-6-7-11-31(25)33-22-26(23-45-24-29-17-19-35(46-29)27-13-15-28(38)16-14-27)12-18-32(33)36(41)39-34(20-21-47-2)37(42)40-48(43,44)30-9-4-3-5-10-30/h3-19,22,34H,20-21,23-24H2,1-2H3,(H,39,41)(H,40,42)/t34-/m1/s1. The Morgan fingerprint density at radius 3 is 2.33 bits per heavy atom. The maximum absolute atomic E-state index is 13.8. The van der Waals surface area contributed by atoms with Crippen molar-refractivity contribution in [2.45, 2.75) is 37.5 Å². The Morgan fingerprint density at radius 1 is 0.875 bits per heavy atom. The van der Waals surface area contributed by atoms with Gasteiger partial charge in [0.05, 0.1) is 11.5 Å². The van der Waals surface area contributed by atoms with E-state index in [1.165, 1.54) is 23.9 Å². The monoisotopic (exact) mass is 702 g/mol. The first-order valence-electron chi connectivity index (χ1n) is 15.2. The van der Waals surface area contributed by atoms with Crippen molar-refractivity contribution in [3.63, 3.8) is 0 Å². The van der Waals surface area contributed by atoms with Crippen LogP contribution in [0.25, 0.3) is 22.5 Å². The average molecular weight is 703 g/mol. The highest BCUT2D eigenvalue weighted by Crippen LogP contribution is 2.29. The van der Waals surface area contributed by atoms with Crippen LogP contribution in [0.2, 0.25) is 5.02 Å². The highest BCUT2D eigenvalue weighted by molar-refractivity contribution is 7.98. The first-order chi connectivity index (χ1) is 23.1. The normalized spacial score (nSPS) is 12.0. The van der Waals surface area contributed by atoms with Crippen LogP contribution in [0.4, 0.5) is 0 Å². The number of nitrogens with one attached hydrogen (secondary N) is 2. The molecule has 2 amide bonds. The summed E-state index contributed by atoms with van der Waals surface area (Å²) in [6, 6.07) is 30.8. The van der Waals surface area contributed by atoms with Gasteiger partial charge < -0.3 is 14.5 Å². The first kappa shape index (κ1) is 35.0. The average Bonchev–Trinajstić information content (AvgIpc) is 3.56. The fraction of sp³-hybridized carbons (Fsp3) is 0.189. The third kappa shape index (κ3) is 8.96. The predicted octanol–water partition coefficient (Wildman–Crippen LogP) is 7.65. The van der Waals surface area contributed by atoms with Gasteiger partial charge in [0.25, 0.3) is 21.8 Å². The molecule has 4 aromatic carbocycles. The van der Waals surface area contributed by atoms with Gasteiger partial charge in [-0.2, -0.15) is 11.8 Å². The van der Waals surface area contributed by atoms with Crippen LogP contribution in [-0.2, 0) is 32.8 Å². The second kappa shape index (κ2) is 16.2. The number of aryl methyl sites for hydroxylation is 1. The van der Waals surface area contributed by atoms with Crippen LogP contribution in [0.3, 0.4) is 0 Å². The van der Waals surface area contributed by atoms with Crippen LogP contribution >= 0.6 is 23.4 Å². The molecular formula is C37H35ClN2O6S2. The van der Waals surface area contributed by atoms with Gasteiger partial charge in [0.15, 0.2) is 0 Å². The van der Waals surface area contributed by atoms with Gasteiger partial charge in [-0.3, -0.25) is 9.59 Å². The number of furan rings is 1. The number of sulfonamides is 1. The molecule has 0 aliphatic heterocycles. The Balaban J connectivity index is 1.33. The molecule has 1 heterocycles. The highest BCUT2D eigenvalue weighted by atomic mass is 35.5. The number of carbonyl (C=O) groups excluding carboxylic acids is 2. The number of halogens is 1. The molecule has 0 aliphatic rings. The van der Waals surface area contributed by atoms with Crippen LogP contribution in [-0.4, -0.2) is 38.3 Å². The Labute approximate surface area is 289 Å². The number of hydrogen-bond acceptors (Lipinski definition) is 7. The number of thioether (sulfide) groups is 1. The Hall–Kier alpha value is -4.35. The lowest BCUT2D eigenvalue weighted by atomic mass is 9.93. The molecule has 5 rings (SSSR count). The molecule has 0 spiro atoms. The van der Waals surface area contributed by atoms with Crippen LogP contribution in [0, 0.1) is 6.92 Å². The quantitative estimate of drug-likeness (QED) is 0.122. The number of carbonyl (C=O) groups is 2. The molecule has 8 nitrogen and oxygen atoms in total. The van der Waals surface area contributed by atoms with Crippen molar-refractivity contribution in [1.82, 2.24) is 10.0 Å². The van der Waals surface area contributed by atoms with Gasteiger partial charge in [-0.1, -0.05) is 60.1 Å². The third-order valence-electron chi connectivity index (χ3n) is 7.59. The summed E-state index contributed by atoms with van der Waals surface area (Å²) in [5.74, 6) is 0.607. The maximum atomic E-state index is 13.8. The van der Waals surface area contributed by atoms with Gasteiger partial charge in [0.2, 0.25) is 0 Å². The van der Waals surface area contributed by atoms with Crippen molar-refractivity contribution in [2.75, 3.05) is 12.0 Å². The summed E-state index contributed by atoms with van der Waals surface area (Å²) >= 11 is 7.49. The largest absolute Gasteiger partial charge is 0.459 e. The van der Waals surface area contributed by atoms with E-state index >= 15 is 0 Å². The molecule has 48 heavy (non-hydrogen) atoms. The van der Waals surface area contributed by atoms with Gasteiger partial charge >= 0.3 is 0 Å². The molecule has 0 aliphatic carbocycles. The number of hydrogen-bond donors (Lipinski definition) is 2. The van der Waals surface area contributed by atoms with Gasteiger partial charge in [-0.25, -0.2) is 13.1 Å². The fourth-order valence-corrected chi connectivity index (χ4v) is 6.71. The Kier molecular flexibility index (Phi) is 11.8. The maximum Gasteiger partial charge on any atom is 0.264 e. The van der Waals surface area contributed by atoms with E-state index in [0.29, 0.717) is 33.4 Å². The number of amides is 2. The molecule has 11 heteroatoms. The van der Waals surface area contributed by atoms with Crippen molar-refractivity contribution in [3.05, 3.63) is 137 Å². The van der Waals surface area contributed by atoms with E-state index in [9.17, 15) is 18.0 Å². The van der Waals surface area contributed by atoms with Crippen LogP contribution in [0.1, 0.15) is 33.7 Å². The lowest BCUT2D eigenvalue weighted by Gasteiger charge is -2.20. The van der Waals surface area contributed by atoms with E-state index in [4.69, 9.17) is 20.8 Å². The van der Waals surface area contributed by atoms with E-state index < -0.39 is 27.9 Å². The first-order valence-corrected chi connectivity index (χ1v) is 18.4. The minimum absolute atomic E-state index is 0.0398. The Morgan fingerprint density at radius 2 is 1.60 bits per heavy atom.